The molecule has 114 valence electrons. The highest BCUT2D eigenvalue weighted by Gasteiger charge is 2.24. The van der Waals surface area contributed by atoms with E-state index in [9.17, 15) is 4.79 Å². The van der Waals surface area contributed by atoms with Crippen LogP contribution in [-0.2, 0) is 11.3 Å². The number of benzene rings is 1. The van der Waals surface area contributed by atoms with Gasteiger partial charge >= 0.3 is 0 Å². The standard InChI is InChI=1S/C18H21N3O/c22-18-7-4-12-21(18)14-17(16-5-2-1-3-6-16)20-13-15-8-10-19-11-9-15/h1-3,5-6,8-11,17,20H,4,7,12-14H2/t17-/m0/s1. The fraction of sp³-hybridized carbons (Fsp3) is 0.333. The van der Waals surface area contributed by atoms with Crippen LogP contribution >= 0.6 is 0 Å². The zero-order valence-corrected chi connectivity index (χ0v) is 12.6. The average molecular weight is 295 g/mol. The lowest BCUT2D eigenvalue weighted by molar-refractivity contribution is -0.128. The Morgan fingerprint density at radius 2 is 1.91 bits per heavy atom. The second kappa shape index (κ2) is 7.18. The topological polar surface area (TPSA) is 45.2 Å². The van der Waals surface area contributed by atoms with Crippen molar-refractivity contribution in [2.45, 2.75) is 25.4 Å². The van der Waals surface area contributed by atoms with Gasteiger partial charge in [0.25, 0.3) is 0 Å². The number of nitrogens with zero attached hydrogens (tertiary/aromatic N) is 2. The van der Waals surface area contributed by atoms with Gasteiger partial charge < -0.3 is 10.2 Å². The van der Waals surface area contributed by atoms with E-state index in [0.29, 0.717) is 6.42 Å². The van der Waals surface area contributed by atoms with Gasteiger partial charge in [0.1, 0.15) is 0 Å². The van der Waals surface area contributed by atoms with Gasteiger partial charge in [-0.15, -0.1) is 0 Å². The van der Waals surface area contributed by atoms with Crippen molar-refractivity contribution < 1.29 is 4.79 Å². The summed E-state index contributed by atoms with van der Waals surface area (Å²) in [6.07, 6.45) is 5.27. The van der Waals surface area contributed by atoms with E-state index in [0.717, 1.165) is 26.1 Å². The van der Waals surface area contributed by atoms with E-state index >= 15 is 0 Å². The predicted molar refractivity (Wildman–Crippen MR) is 86.1 cm³/mol. The van der Waals surface area contributed by atoms with Crippen molar-refractivity contribution in [1.82, 2.24) is 15.2 Å². The lowest BCUT2D eigenvalue weighted by Gasteiger charge is -2.25. The van der Waals surface area contributed by atoms with Crippen LogP contribution in [0.5, 0.6) is 0 Å². The van der Waals surface area contributed by atoms with Crippen LogP contribution in [0.15, 0.2) is 54.9 Å². The normalized spacial score (nSPS) is 16.0. The van der Waals surface area contributed by atoms with Crippen molar-refractivity contribution in [2.24, 2.45) is 0 Å². The summed E-state index contributed by atoms with van der Waals surface area (Å²) in [7, 11) is 0. The third-order valence-corrected chi connectivity index (χ3v) is 4.08. The highest BCUT2D eigenvalue weighted by atomic mass is 16.2. The minimum absolute atomic E-state index is 0.149. The number of amides is 1. The van der Waals surface area contributed by atoms with E-state index < -0.39 is 0 Å². The zero-order valence-electron chi connectivity index (χ0n) is 12.6. The van der Waals surface area contributed by atoms with Crippen LogP contribution in [0.1, 0.15) is 30.0 Å². The molecule has 0 saturated carbocycles. The molecule has 0 unspecified atom stereocenters. The van der Waals surface area contributed by atoms with Gasteiger partial charge in [-0.25, -0.2) is 0 Å². The van der Waals surface area contributed by atoms with E-state index in [1.165, 1.54) is 11.1 Å². The predicted octanol–water partition coefficient (Wildman–Crippen LogP) is 2.53. The van der Waals surface area contributed by atoms with E-state index in [2.05, 4.69) is 22.4 Å². The largest absolute Gasteiger partial charge is 0.341 e. The molecule has 1 aromatic heterocycles. The molecule has 0 bridgehead atoms. The minimum atomic E-state index is 0.149. The number of hydrogen-bond donors (Lipinski definition) is 1. The van der Waals surface area contributed by atoms with Crippen LogP contribution in [-0.4, -0.2) is 28.9 Å². The second-order valence-electron chi connectivity index (χ2n) is 5.64. The molecule has 2 aromatic rings. The first-order valence-electron chi connectivity index (χ1n) is 7.78. The van der Waals surface area contributed by atoms with E-state index in [1.807, 2.05) is 35.2 Å². The molecule has 1 aliphatic heterocycles. The smallest absolute Gasteiger partial charge is 0.222 e. The Labute approximate surface area is 131 Å². The number of aromatic nitrogens is 1. The van der Waals surface area contributed by atoms with Gasteiger partial charge in [-0.2, -0.15) is 0 Å². The maximum Gasteiger partial charge on any atom is 0.222 e. The van der Waals surface area contributed by atoms with Crippen molar-refractivity contribution in [2.75, 3.05) is 13.1 Å². The highest BCUT2D eigenvalue weighted by Crippen LogP contribution is 2.19. The molecule has 4 heteroatoms. The summed E-state index contributed by atoms with van der Waals surface area (Å²) in [5.41, 5.74) is 2.42. The molecule has 1 aromatic carbocycles. The first-order chi connectivity index (χ1) is 10.8. The number of nitrogens with one attached hydrogen (secondary N) is 1. The van der Waals surface area contributed by atoms with Gasteiger partial charge in [0.15, 0.2) is 0 Å². The quantitative estimate of drug-likeness (QED) is 0.890. The summed E-state index contributed by atoms with van der Waals surface area (Å²) in [5.74, 6) is 0.270. The Bertz CT molecular complexity index is 600. The molecule has 0 aliphatic carbocycles. The summed E-state index contributed by atoms with van der Waals surface area (Å²) in [4.78, 5) is 17.9. The molecule has 1 atom stereocenters. The number of likely N-dealkylation sites (tertiary alicyclic amines) is 1. The monoisotopic (exact) mass is 295 g/mol. The van der Waals surface area contributed by atoms with Crippen molar-refractivity contribution >= 4 is 5.91 Å². The first kappa shape index (κ1) is 14.7. The Balaban J connectivity index is 1.70. The molecule has 1 amide bonds. The van der Waals surface area contributed by atoms with Gasteiger partial charge in [0.05, 0.1) is 6.04 Å². The van der Waals surface area contributed by atoms with Crippen LogP contribution in [0, 0.1) is 0 Å². The summed E-state index contributed by atoms with van der Waals surface area (Å²) < 4.78 is 0. The lowest BCUT2D eigenvalue weighted by atomic mass is 10.1. The number of carbonyl (C=O) groups is 1. The van der Waals surface area contributed by atoms with Gasteiger partial charge in [-0.3, -0.25) is 9.78 Å². The second-order valence-corrected chi connectivity index (χ2v) is 5.64. The molecule has 1 aliphatic rings. The lowest BCUT2D eigenvalue weighted by Crippen LogP contribution is -2.35. The number of hydrogen-bond acceptors (Lipinski definition) is 3. The van der Waals surface area contributed by atoms with E-state index in [4.69, 9.17) is 0 Å². The minimum Gasteiger partial charge on any atom is -0.341 e. The van der Waals surface area contributed by atoms with Gasteiger partial charge in [0, 0.05) is 38.4 Å². The number of carbonyl (C=O) groups excluding carboxylic acids is 1. The molecule has 2 heterocycles. The maximum atomic E-state index is 11.9. The number of pyridine rings is 1. The van der Waals surface area contributed by atoms with Crippen LogP contribution < -0.4 is 5.32 Å². The van der Waals surface area contributed by atoms with Crippen molar-refractivity contribution in [3.05, 3.63) is 66.0 Å². The molecule has 3 rings (SSSR count). The molecule has 22 heavy (non-hydrogen) atoms. The summed E-state index contributed by atoms with van der Waals surface area (Å²) >= 11 is 0. The summed E-state index contributed by atoms with van der Waals surface area (Å²) in [5, 5.41) is 3.58. The SMILES string of the molecule is O=C1CCCN1C[C@H](NCc1ccncc1)c1ccccc1. The molecule has 0 radical (unpaired) electrons. The molecule has 0 spiro atoms. The molecule has 1 saturated heterocycles. The van der Waals surface area contributed by atoms with Crippen LogP contribution in [0.4, 0.5) is 0 Å². The Kier molecular flexibility index (Phi) is 4.81. The highest BCUT2D eigenvalue weighted by molar-refractivity contribution is 5.78. The molecule has 4 nitrogen and oxygen atoms in total. The molecule has 1 N–H and O–H groups in total. The fourth-order valence-corrected chi connectivity index (χ4v) is 2.83. The molecule has 1 fully saturated rings. The number of rotatable bonds is 6. The average Bonchev–Trinajstić information content (AvgIpc) is 2.98. The van der Waals surface area contributed by atoms with Crippen LogP contribution in [0.25, 0.3) is 0 Å². The van der Waals surface area contributed by atoms with Crippen molar-refractivity contribution in [3.8, 4) is 0 Å². The Hall–Kier alpha value is -2.20. The van der Waals surface area contributed by atoms with Crippen LogP contribution in [0.2, 0.25) is 0 Å². The molecular weight excluding hydrogens is 274 g/mol. The first-order valence-corrected chi connectivity index (χ1v) is 7.78. The van der Waals surface area contributed by atoms with Gasteiger partial charge in [-0.1, -0.05) is 30.3 Å². The summed E-state index contributed by atoms with van der Waals surface area (Å²) in [6, 6.07) is 14.5. The third kappa shape index (κ3) is 3.71. The van der Waals surface area contributed by atoms with E-state index in [-0.39, 0.29) is 11.9 Å². The molecular formula is C18H21N3O. The zero-order chi connectivity index (χ0) is 15.2. The van der Waals surface area contributed by atoms with Crippen LogP contribution in [0.3, 0.4) is 0 Å². The maximum absolute atomic E-state index is 11.9. The van der Waals surface area contributed by atoms with Crippen molar-refractivity contribution in [1.29, 1.82) is 0 Å². The third-order valence-electron chi connectivity index (χ3n) is 4.08. The van der Waals surface area contributed by atoms with Gasteiger partial charge in [-0.05, 0) is 29.7 Å². The fourth-order valence-electron chi connectivity index (χ4n) is 2.83. The Morgan fingerprint density at radius 3 is 2.59 bits per heavy atom. The Morgan fingerprint density at radius 1 is 1.14 bits per heavy atom. The van der Waals surface area contributed by atoms with Crippen molar-refractivity contribution in [3.63, 3.8) is 0 Å². The van der Waals surface area contributed by atoms with Gasteiger partial charge in [0.2, 0.25) is 5.91 Å². The van der Waals surface area contributed by atoms with E-state index in [1.54, 1.807) is 12.4 Å². The summed E-state index contributed by atoms with van der Waals surface area (Å²) in [6.45, 7) is 2.37.